The Morgan fingerprint density at radius 2 is 1.89 bits per heavy atom. The predicted molar refractivity (Wildman–Crippen MR) is 104 cm³/mol. The molecule has 0 radical (unpaired) electrons. The van der Waals surface area contributed by atoms with Gasteiger partial charge in [-0.05, 0) is 43.4 Å². The van der Waals surface area contributed by atoms with E-state index in [9.17, 15) is 9.59 Å². The Labute approximate surface area is 161 Å². The number of nitrogens with one attached hydrogen (secondary N) is 2. The minimum Gasteiger partial charge on any atom is -0.494 e. The largest absolute Gasteiger partial charge is 0.494 e. The second-order valence-electron chi connectivity index (χ2n) is 6.98. The Morgan fingerprint density at radius 3 is 2.52 bits per heavy atom. The Hall–Kier alpha value is -2.50. The van der Waals surface area contributed by atoms with Crippen LogP contribution in [0.2, 0.25) is 0 Å². The number of benzene rings is 1. The summed E-state index contributed by atoms with van der Waals surface area (Å²) in [5.74, 6) is 0.665. The van der Waals surface area contributed by atoms with Gasteiger partial charge < -0.3 is 20.1 Å². The lowest BCUT2D eigenvalue weighted by Gasteiger charge is -2.28. The molecule has 0 saturated carbocycles. The van der Waals surface area contributed by atoms with Gasteiger partial charge in [-0.25, -0.2) is 9.59 Å². The molecule has 1 aromatic carbocycles. The first-order valence-corrected chi connectivity index (χ1v) is 9.64. The van der Waals surface area contributed by atoms with Gasteiger partial charge in [-0.1, -0.05) is 39.3 Å². The average Bonchev–Trinajstić information content (AvgIpc) is 2.64. The van der Waals surface area contributed by atoms with Crippen LogP contribution in [0.5, 0.6) is 5.75 Å². The average molecular weight is 374 g/mol. The number of urea groups is 1. The molecular formula is C21H30N2O4. The highest BCUT2D eigenvalue weighted by Gasteiger charge is 2.32. The third kappa shape index (κ3) is 5.74. The number of carbonyl (C=O) groups excluding carboxylic acids is 2. The molecule has 0 unspecified atom stereocenters. The minimum absolute atomic E-state index is 0.305. The van der Waals surface area contributed by atoms with E-state index in [-0.39, 0.29) is 6.03 Å². The summed E-state index contributed by atoms with van der Waals surface area (Å²) < 4.78 is 11.1. The number of ether oxygens (including phenoxy) is 2. The van der Waals surface area contributed by atoms with Crippen LogP contribution in [0.4, 0.5) is 4.79 Å². The molecule has 1 aromatic rings. The molecule has 0 aromatic heterocycles. The van der Waals surface area contributed by atoms with Crippen molar-refractivity contribution in [2.75, 3.05) is 13.2 Å². The molecule has 0 spiro atoms. The molecule has 1 aliphatic heterocycles. The third-order valence-corrected chi connectivity index (χ3v) is 4.46. The summed E-state index contributed by atoms with van der Waals surface area (Å²) in [5.41, 5.74) is 1.75. The van der Waals surface area contributed by atoms with Gasteiger partial charge in [0.2, 0.25) is 0 Å². The van der Waals surface area contributed by atoms with E-state index in [4.69, 9.17) is 9.47 Å². The van der Waals surface area contributed by atoms with Crippen molar-refractivity contribution < 1.29 is 19.1 Å². The zero-order valence-electron chi connectivity index (χ0n) is 16.6. The Bertz CT molecular complexity index is 682. The van der Waals surface area contributed by atoms with Gasteiger partial charge >= 0.3 is 12.0 Å². The Kier molecular flexibility index (Phi) is 7.70. The maximum Gasteiger partial charge on any atom is 0.338 e. The van der Waals surface area contributed by atoms with E-state index in [0.717, 1.165) is 30.6 Å². The molecular weight excluding hydrogens is 344 g/mol. The molecule has 6 heteroatoms. The van der Waals surface area contributed by atoms with Crippen LogP contribution in [0.25, 0.3) is 0 Å². The predicted octanol–water partition coefficient (Wildman–Crippen LogP) is 4.08. The highest BCUT2D eigenvalue weighted by molar-refractivity contribution is 5.95. The second kappa shape index (κ2) is 10.00. The number of amides is 2. The summed E-state index contributed by atoms with van der Waals surface area (Å²) in [4.78, 5) is 24.7. The molecule has 148 valence electrons. The van der Waals surface area contributed by atoms with Crippen LogP contribution in [0.1, 0.15) is 58.6 Å². The standard InChI is InChI=1S/C21H30N2O4/c1-5-7-14(3)13-27-20(24)18-15(4)22-21(25)23-19(18)16-8-10-17(11-9-16)26-12-6-2/h8-11,14,19H,5-7,12-13H2,1-4H3,(H2,22,23,25)/t14-,19+/m1/s1. The van der Waals surface area contributed by atoms with Gasteiger partial charge in [-0.3, -0.25) is 0 Å². The van der Waals surface area contributed by atoms with Gasteiger partial charge in [0, 0.05) is 5.70 Å². The number of rotatable bonds is 9. The van der Waals surface area contributed by atoms with Crippen molar-refractivity contribution >= 4 is 12.0 Å². The van der Waals surface area contributed by atoms with Crippen LogP contribution in [-0.4, -0.2) is 25.2 Å². The molecule has 1 heterocycles. The molecule has 0 aliphatic carbocycles. The first-order chi connectivity index (χ1) is 13.0. The summed E-state index contributed by atoms with van der Waals surface area (Å²) >= 11 is 0. The number of esters is 1. The highest BCUT2D eigenvalue weighted by atomic mass is 16.5. The van der Waals surface area contributed by atoms with Gasteiger partial charge in [0.05, 0.1) is 24.8 Å². The lowest BCUT2D eigenvalue weighted by atomic mass is 9.95. The van der Waals surface area contributed by atoms with Gasteiger partial charge in [0.25, 0.3) is 0 Å². The van der Waals surface area contributed by atoms with E-state index in [1.54, 1.807) is 6.92 Å². The molecule has 2 amide bonds. The van der Waals surface area contributed by atoms with Crippen molar-refractivity contribution in [1.29, 1.82) is 0 Å². The Morgan fingerprint density at radius 1 is 1.19 bits per heavy atom. The summed E-state index contributed by atoms with van der Waals surface area (Å²) in [6.45, 7) is 8.95. The van der Waals surface area contributed by atoms with Gasteiger partial charge in [-0.15, -0.1) is 0 Å². The van der Waals surface area contributed by atoms with Crippen LogP contribution < -0.4 is 15.4 Å². The van der Waals surface area contributed by atoms with E-state index in [0.29, 0.717) is 30.4 Å². The van der Waals surface area contributed by atoms with Crippen LogP contribution >= 0.6 is 0 Å². The van der Waals surface area contributed by atoms with E-state index in [1.807, 2.05) is 31.2 Å². The fraction of sp³-hybridized carbons (Fsp3) is 0.524. The lowest BCUT2D eigenvalue weighted by molar-refractivity contribution is -0.140. The zero-order chi connectivity index (χ0) is 19.8. The van der Waals surface area contributed by atoms with Gasteiger partial charge in [0.15, 0.2) is 0 Å². The fourth-order valence-corrected chi connectivity index (χ4v) is 3.06. The van der Waals surface area contributed by atoms with E-state index in [2.05, 4.69) is 24.5 Å². The van der Waals surface area contributed by atoms with Crippen LogP contribution in [0.15, 0.2) is 35.5 Å². The molecule has 2 atom stereocenters. The molecule has 0 fully saturated rings. The fourth-order valence-electron chi connectivity index (χ4n) is 3.06. The van der Waals surface area contributed by atoms with E-state index >= 15 is 0 Å². The molecule has 2 N–H and O–H groups in total. The third-order valence-electron chi connectivity index (χ3n) is 4.46. The monoisotopic (exact) mass is 374 g/mol. The van der Waals surface area contributed by atoms with Crippen molar-refractivity contribution in [1.82, 2.24) is 10.6 Å². The minimum atomic E-state index is -0.548. The molecule has 27 heavy (non-hydrogen) atoms. The first-order valence-electron chi connectivity index (χ1n) is 9.64. The quantitative estimate of drug-likeness (QED) is 0.639. The summed E-state index contributed by atoms with van der Waals surface area (Å²) in [5, 5.41) is 5.49. The second-order valence-corrected chi connectivity index (χ2v) is 6.98. The van der Waals surface area contributed by atoms with Crippen LogP contribution in [0.3, 0.4) is 0 Å². The van der Waals surface area contributed by atoms with E-state index in [1.165, 1.54) is 0 Å². The number of carbonyl (C=O) groups is 2. The SMILES string of the molecule is CCCOc1ccc([C@@H]2NC(=O)NC(C)=C2C(=O)OC[C@H](C)CCC)cc1. The summed E-state index contributed by atoms with van der Waals surface area (Å²) in [7, 11) is 0. The summed E-state index contributed by atoms with van der Waals surface area (Å²) in [6, 6.07) is 6.54. The van der Waals surface area contributed by atoms with Crippen molar-refractivity contribution in [2.45, 2.75) is 53.0 Å². The van der Waals surface area contributed by atoms with Crippen LogP contribution in [-0.2, 0) is 9.53 Å². The topological polar surface area (TPSA) is 76.7 Å². The molecule has 0 bridgehead atoms. The molecule has 1 aliphatic rings. The summed E-state index contributed by atoms with van der Waals surface area (Å²) in [6.07, 6.45) is 2.98. The highest BCUT2D eigenvalue weighted by Crippen LogP contribution is 2.29. The molecule has 0 saturated heterocycles. The van der Waals surface area contributed by atoms with Crippen molar-refractivity contribution in [3.63, 3.8) is 0 Å². The number of hydrogen-bond acceptors (Lipinski definition) is 4. The van der Waals surface area contributed by atoms with Crippen molar-refractivity contribution in [3.05, 3.63) is 41.1 Å². The maximum absolute atomic E-state index is 12.7. The normalized spacial score (nSPS) is 17.8. The van der Waals surface area contributed by atoms with E-state index < -0.39 is 12.0 Å². The molecule has 6 nitrogen and oxygen atoms in total. The zero-order valence-corrected chi connectivity index (χ0v) is 16.6. The lowest BCUT2D eigenvalue weighted by Crippen LogP contribution is -2.45. The first kappa shape index (κ1) is 20.8. The van der Waals surface area contributed by atoms with Gasteiger partial charge in [0.1, 0.15) is 5.75 Å². The van der Waals surface area contributed by atoms with Crippen molar-refractivity contribution in [2.24, 2.45) is 5.92 Å². The molecule has 2 rings (SSSR count). The number of allylic oxidation sites excluding steroid dienone is 1. The van der Waals surface area contributed by atoms with Gasteiger partial charge in [-0.2, -0.15) is 0 Å². The number of hydrogen-bond donors (Lipinski definition) is 2. The van der Waals surface area contributed by atoms with Crippen LogP contribution in [0, 0.1) is 5.92 Å². The smallest absolute Gasteiger partial charge is 0.338 e. The van der Waals surface area contributed by atoms with Crippen molar-refractivity contribution in [3.8, 4) is 5.75 Å². The Balaban J connectivity index is 2.18. The maximum atomic E-state index is 12.7.